The van der Waals surface area contributed by atoms with Crippen LogP contribution in [0.5, 0.6) is 5.75 Å². The molecule has 200 valence electrons. The molecule has 1 fully saturated rings. The van der Waals surface area contributed by atoms with Gasteiger partial charge in [0.05, 0.1) is 6.10 Å². The lowest BCUT2D eigenvalue weighted by Gasteiger charge is -2.36. The number of carbonyl (C=O) groups is 1. The summed E-state index contributed by atoms with van der Waals surface area (Å²) in [5, 5.41) is 5.30. The molecule has 3 rings (SSSR count). The zero-order valence-corrected chi connectivity index (χ0v) is 23.1. The summed E-state index contributed by atoms with van der Waals surface area (Å²) in [7, 11) is 3.71. The van der Waals surface area contributed by atoms with E-state index in [-0.39, 0.29) is 18.1 Å². The predicted octanol–water partition coefficient (Wildman–Crippen LogP) is 4.70. The maximum Gasteiger partial charge on any atom is 0.251 e. The molecule has 6 nitrogen and oxygen atoms in total. The summed E-state index contributed by atoms with van der Waals surface area (Å²) in [5.41, 5.74) is 1.13. The molecule has 0 spiro atoms. The molecule has 1 saturated heterocycles. The molecule has 1 N–H and O–H groups in total. The van der Waals surface area contributed by atoms with E-state index < -0.39 is 18.4 Å². The van der Waals surface area contributed by atoms with E-state index in [9.17, 15) is 4.79 Å². The van der Waals surface area contributed by atoms with Crippen molar-refractivity contribution in [2.24, 2.45) is 0 Å². The summed E-state index contributed by atoms with van der Waals surface area (Å²) in [6.07, 6.45) is -0.0596. The molecule has 1 aromatic carbocycles. The van der Waals surface area contributed by atoms with E-state index in [0.717, 1.165) is 43.8 Å². The zero-order valence-electron chi connectivity index (χ0n) is 22.3. The van der Waals surface area contributed by atoms with E-state index in [1.165, 1.54) is 4.88 Å². The van der Waals surface area contributed by atoms with Crippen molar-refractivity contribution in [3.8, 4) is 5.75 Å². The van der Waals surface area contributed by atoms with Gasteiger partial charge in [-0.2, -0.15) is 0 Å². The van der Waals surface area contributed by atoms with Crippen LogP contribution < -0.4 is 10.1 Å². The van der Waals surface area contributed by atoms with E-state index in [0.29, 0.717) is 13.0 Å². The number of amides is 1. The first-order valence-electron chi connectivity index (χ1n) is 13.0. The Hall–Kier alpha value is -2.00. The highest BCUT2D eigenvalue weighted by atomic mass is 32.1. The van der Waals surface area contributed by atoms with Crippen LogP contribution in [0.1, 0.15) is 50.2 Å². The van der Waals surface area contributed by atoms with Gasteiger partial charge >= 0.3 is 0 Å². The highest BCUT2D eigenvalue weighted by Crippen LogP contribution is 2.30. The van der Waals surface area contributed by atoms with E-state index in [1.807, 2.05) is 39.1 Å². The minimum Gasteiger partial charge on any atom is -0.485 e. The minimum atomic E-state index is -1.12. The third-order valence-electron chi connectivity index (χ3n) is 6.87. The molecule has 1 aliphatic heterocycles. The van der Waals surface area contributed by atoms with Gasteiger partial charge in [-0.05, 0) is 70.3 Å². The fourth-order valence-electron chi connectivity index (χ4n) is 4.43. The van der Waals surface area contributed by atoms with Crippen LogP contribution in [0.3, 0.4) is 0 Å². The summed E-state index contributed by atoms with van der Waals surface area (Å²) in [6.45, 7) is 8.31. The van der Waals surface area contributed by atoms with Crippen LogP contribution in [-0.2, 0) is 16.0 Å². The second-order valence-electron chi connectivity index (χ2n) is 9.84. The average molecular weight is 520 g/mol. The molecular weight excluding hydrogens is 477 g/mol. The predicted molar refractivity (Wildman–Crippen MR) is 145 cm³/mol. The first kappa shape index (κ1) is 28.6. The Bertz CT molecular complexity index is 927. The van der Waals surface area contributed by atoms with Crippen LogP contribution >= 0.6 is 11.3 Å². The maximum atomic E-state index is 15.0. The lowest BCUT2D eigenvalue weighted by molar-refractivity contribution is -0.152. The van der Waals surface area contributed by atoms with Crippen molar-refractivity contribution >= 4 is 17.2 Å². The van der Waals surface area contributed by atoms with E-state index >= 15 is 4.39 Å². The number of hydrogen-bond donors (Lipinski definition) is 1. The lowest BCUT2D eigenvalue weighted by atomic mass is 10.0. The zero-order chi connectivity index (χ0) is 26.1. The minimum absolute atomic E-state index is 0.00107. The number of hydrogen-bond acceptors (Lipinski definition) is 6. The molecule has 1 aliphatic rings. The number of benzene rings is 1. The van der Waals surface area contributed by atoms with Gasteiger partial charge in [0.15, 0.2) is 0 Å². The topological polar surface area (TPSA) is 54.0 Å². The van der Waals surface area contributed by atoms with Crippen molar-refractivity contribution in [3.63, 3.8) is 0 Å². The molecule has 0 aliphatic carbocycles. The van der Waals surface area contributed by atoms with Gasteiger partial charge in [0, 0.05) is 44.0 Å². The summed E-state index contributed by atoms with van der Waals surface area (Å²) in [5.74, 6) is 0.787. The molecule has 8 heteroatoms. The molecule has 4 atom stereocenters. The summed E-state index contributed by atoms with van der Waals surface area (Å²) in [4.78, 5) is 17.5. The third-order valence-corrected chi connectivity index (χ3v) is 7.84. The van der Waals surface area contributed by atoms with Gasteiger partial charge in [-0.15, -0.1) is 11.3 Å². The Morgan fingerprint density at radius 3 is 2.69 bits per heavy atom. The highest BCUT2D eigenvalue weighted by molar-refractivity contribution is 7.10. The number of likely N-dealkylation sites (N-methyl/N-ethyl adjacent to an activating group) is 1. The van der Waals surface area contributed by atoms with Gasteiger partial charge in [0.1, 0.15) is 24.1 Å². The lowest BCUT2D eigenvalue weighted by Crippen LogP contribution is -2.49. The Balaban J connectivity index is 1.53. The smallest absolute Gasteiger partial charge is 0.251 e. The van der Waals surface area contributed by atoms with Crippen molar-refractivity contribution in [2.75, 3.05) is 40.3 Å². The second kappa shape index (κ2) is 14.1. The number of ether oxygens (including phenoxy) is 2. The fraction of sp³-hybridized carbons (Fsp3) is 0.607. The maximum absolute atomic E-state index is 15.0. The Morgan fingerprint density at radius 1 is 1.25 bits per heavy atom. The van der Waals surface area contributed by atoms with Crippen molar-refractivity contribution in [1.82, 2.24) is 15.1 Å². The monoisotopic (exact) mass is 519 g/mol. The number of thiophene rings is 1. The van der Waals surface area contributed by atoms with Gasteiger partial charge in [-0.1, -0.05) is 24.3 Å². The summed E-state index contributed by atoms with van der Waals surface area (Å²) < 4.78 is 27.4. The molecule has 1 aromatic heterocycles. The van der Waals surface area contributed by atoms with Crippen LogP contribution in [0.2, 0.25) is 0 Å². The van der Waals surface area contributed by atoms with Crippen molar-refractivity contribution in [1.29, 1.82) is 0 Å². The summed E-state index contributed by atoms with van der Waals surface area (Å²) in [6, 6.07) is 12.4. The van der Waals surface area contributed by atoms with E-state index in [4.69, 9.17) is 9.47 Å². The van der Waals surface area contributed by atoms with Gasteiger partial charge < -0.3 is 19.7 Å². The first-order valence-corrected chi connectivity index (χ1v) is 13.9. The molecule has 0 unspecified atom stereocenters. The standard InChI is InChI=1S/C28H42FN3O3S/c1-20(2)31(5)28(33)21(3)34-25-14-17-32(19-23(25)29)16-13-22-9-6-7-10-24(22)35-26(12-15-30-4)27-11-8-18-36-27/h6-11,18,20-21,23,25-26,30H,12-17,19H2,1-5H3/t21-,23+,25-,26-/m1/s1. The van der Waals surface area contributed by atoms with Gasteiger partial charge in [-0.3, -0.25) is 9.69 Å². The summed E-state index contributed by atoms with van der Waals surface area (Å²) >= 11 is 1.71. The number of nitrogens with one attached hydrogen (secondary N) is 1. The molecule has 0 saturated carbocycles. The Labute approximate surface area is 219 Å². The van der Waals surface area contributed by atoms with Crippen LogP contribution in [0.25, 0.3) is 0 Å². The largest absolute Gasteiger partial charge is 0.485 e. The normalized spacial score (nSPS) is 20.3. The molecule has 1 amide bonds. The average Bonchev–Trinajstić information content (AvgIpc) is 3.41. The molecule has 2 heterocycles. The number of carbonyl (C=O) groups excluding carboxylic acids is 1. The van der Waals surface area contributed by atoms with Gasteiger partial charge in [0.2, 0.25) is 0 Å². The number of rotatable bonds is 13. The first-order chi connectivity index (χ1) is 17.3. The number of piperidine rings is 1. The number of halogens is 1. The molecule has 0 radical (unpaired) electrons. The van der Waals surface area contributed by atoms with Crippen molar-refractivity contribution < 1.29 is 18.7 Å². The van der Waals surface area contributed by atoms with Crippen molar-refractivity contribution in [2.45, 2.75) is 70.6 Å². The van der Waals surface area contributed by atoms with E-state index in [1.54, 1.807) is 30.2 Å². The fourth-order valence-corrected chi connectivity index (χ4v) is 5.22. The Kier molecular flexibility index (Phi) is 11.2. The quantitative estimate of drug-likeness (QED) is 0.416. The molecule has 2 aromatic rings. The molecular formula is C28H42FN3O3S. The van der Waals surface area contributed by atoms with Crippen LogP contribution in [-0.4, -0.2) is 80.4 Å². The number of nitrogens with zero attached hydrogens (tertiary/aromatic N) is 2. The van der Waals surface area contributed by atoms with Crippen molar-refractivity contribution in [3.05, 3.63) is 52.2 Å². The van der Waals surface area contributed by atoms with Crippen LogP contribution in [0.15, 0.2) is 41.8 Å². The van der Waals surface area contributed by atoms with Gasteiger partial charge in [-0.25, -0.2) is 4.39 Å². The number of likely N-dealkylation sites (tertiary alicyclic amines) is 1. The van der Waals surface area contributed by atoms with Crippen LogP contribution in [0, 0.1) is 0 Å². The third kappa shape index (κ3) is 8.00. The van der Waals surface area contributed by atoms with Gasteiger partial charge in [0.25, 0.3) is 5.91 Å². The number of alkyl halides is 1. The Morgan fingerprint density at radius 2 is 2.03 bits per heavy atom. The second-order valence-corrected chi connectivity index (χ2v) is 10.8. The highest BCUT2D eigenvalue weighted by Gasteiger charge is 2.33. The van der Waals surface area contributed by atoms with Crippen LogP contribution in [0.4, 0.5) is 4.39 Å². The van der Waals surface area contributed by atoms with E-state index in [2.05, 4.69) is 33.8 Å². The number of para-hydroxylation sites is 1. The SMILES string of the molecule is CNCC[C@@H](Oc1ccccc1CCN1CC[C@@H](O[C@H](C)C(=O)N(C)C(C)C)[C@@H](F)C1)c1cccs1. The molecule has 0 bridgehead atoms. The molecule has 36 heavy (non-hydrogen) atoms.